The van der Waals surface area contributed by atoms with Crippen LogP contribution in [0.25, 0.3) is 0 Å². The lowest BCUT2D eigenvalue weighted by Crippen LogP contribution is -2.39. The maximum atomic E-state index is 13.3. The Morgan fingerprint density at radius 2 is 2.03 bits per heavy atom. The molecule has 0 bridgehead atoms. The quantitative estimate of drug-likeness (QED) is 0.661. The molecule has 0 spiro atoms. The third-order valence-corrected chi connectivity index (χ3v) is 7.15. The monoisotopic (exact) mass is 441 g/mol. The summed E-state index contributed by atoms with van der Waals surface area (Å²) in [6.45, 7) is 6.96. The molecule has 1 atom stereocenters. The van der Waals surface area contributed by atoms with Crippen molar-refractivity contribution < 1.29 is 14.3 Å². The van der Waals surface area contributed by atoms with Gasteiger partial charge in [0.15, 0.2) is 0 Å². The number of benzene rings is 1. The first-order valence-electron chi connectivity index (χ1n) is 11.2. The number of hydrogen-bond acceptors (Lipinski definition) is 5. The number of para-hydroxylation sites is 2. The number of fused-ring (bicyclic) bond motifs is 1. The van der Waals surface area contributed by atoms with Gasteiger partial charge >= 0.3 is 0 Å². The van der Waals surface area contributed by atoms with Gasteiger partial charge in [-0.1, -0.05) is 19.1 Å². The summed E-state index contributed by atoms with van der Waals surface area (Å²) in [6, 6.07) is 7.44. The molecule has 4 rings (SSSR count). The van der Waals surface area contributed by atoms with Gasteiger partial charge in [-0.15, -0.1) is 11.3 Å². The summed E-state index contributed by atoms with van der Waals surface area (Å²) < 4.78 is 5.65. The van der Waals surface area contributed by atoms with E-state index in [0.29, 0.717) is 41.1 Å². The SMILES string of the molecule is CCOc1ccccc1NC(=O)c1c(NC(=O)CN2CCC[C@H](C)C2)sc2c1CCC2. The Balaban J connectivity index is 1.51. The summed E-state index contributed by atoms with van der Waals surface area (Å²) in [4.78, 5) is 29.5. The maximum Gasteiger partial charge on any atom is 0.259 e. The van der Waals surface area contributed by atoms with Crippen molar-refractivity contribution in [1.29, 1.82) is 0 Å². The van der Waals surface area contributed by atoms with Gasteiger partial charge in [-0.25, -0.2) is 0 Å². The second-order valence-corrected chi connectivity index (χ2v) is 9.58. The zero-order valence-electron chi connectivity index (χ0n) is 18.3. The van der Waals surface area contributed by atoms with Crippen LogP contribution in [0.3, 0.4) is 0 Å². The number of amides is 2. The molecule has 1 aromatic heterocycles. The second kappa shape index (κ2) is 9.83. The molecule has 0 unspecified atom stereocenters. The van der Waals surface area contributed by atoms with Crippen LogP contribution in [0.15, 0.2) is 24.3 Å². The van der Waals surface area contributed by atoms with Crippen LogP contribution in [0.5, 0.6) is 5.75 Å². The highest BCUT2D eigenvalue weighted by Gasteiger charge is 2.28. The van der Waals surface area contributed by atoms with Crippen LogP contribution in [0.2, 0.25) is 0 Å². The molecule has 2 amide bonds. The van der Waals surface area contributed by atoms with Crippen molar-refractivity contribution in [2.75, 3.05) is 36.9 Å². The minimum atomic E-state index is -0.187. The molecule has 2 heterocycles. The first-order chi connectivity index (χ1) is 15.0. The number of likely N-dealkylation sites (tertiary alicyclic amines) is 1. The minimum Gasteiger partial charge on any atom is -0.492 e. The number of carbonyl (C=O) groups is 2. The van der Waals surface area contributed by atoms with Crippen molar-refractivity contribution in [1.82, 2.24) is 4.90 Å². The van der Waals surface area contributed by atoms with E-state index in [9.17, 15) is 9.59 Å². The summed E-state index contributed by atoms with van der Waals surface area (Å²) in [6.07, 6.45) is 5.26. The molecule has 6 nitrogen and oxygen atoms in total. The van der Waals surface area contributed by atoms with E-state index in [0.717, 1.165) is 44.3 Å². The number of aryl methyl sites for hydroxylation is 1. The van der Waals surface area contributed by atoms with E-state index in [1.807, 2.05) is 31.2 Å². The predicted octanol–water partition coefficient (Wildman–Crippen LogP) is 4.56. The minimum absolute atomic E-state index is 0.0437. The molecular formula is C24H31N3O3S. The van der Waals surface area contributed by atoms with Crippen LogP contribution >= 0.6 is 11.3 Å². The van der Waals surface area contributed by atoms with Gasteiger partial charge in [-0.2, -0.15) is 0 Å². The van der Waals surface area contributed by atoms with Gasteiger partial charge in [-0.05, 0) is 69.2 Å². The number of carbonyl (C=O) groups excluding carboxylic acids is 2. The van der Waals surface area contributed by atoms with Crippen molar-refractivity contribution in [2.24, 2.45) is 5.92 Å². The van der Waals surface area contributed by atoms with Gasteiger partial charge in [0.05, 0.1) is 24.4 Å². The number of rotatable bonds is 7. The molecule has 2 aliphatic rings. The van der Waals surface area contributed by atoms with Crippen LogP contribution < -0.4 is 15.4 Å². The topological polar surface area (TPSA) is 70.7 Å². The number of piperidine rings is 1. The molecule has 1 saturated heterocycles. The van der Waals surface area contributed by atoms with Crippen LogP contribution in [0.1, 0.15) is 53.9 Å². The fraction of sp³-hybridized carbons (Fsp3) is 0.500. The average Bonchev–Trinajstić information content (AvgIpc) is 3.30. The molecule has 2 aromatic rings. The van der Waals surface area contributed by atoms with Gasteiger partial charge in [-0.3, -0.25) is 14.5 Å². The van der Waals surface area contributed by atoms with Crippen LogP contribution in [-0.4, -0.2) is 43.0 Å². The van der Waals surface area contributed by atoms with Gasteiger partial charge < -0.3 is 15.4 Å². The third-order valence-electron chi connectivity index (χ3n) is 5.94. The molecule has 0 radical (unpaired) electrons. The Bertz CT molecular complexity index is 956. The summed E-state index contributed by atoms with van der Waals surface area (Å²) in [7, 11) is 0. The van der Waals surface area contributed by atoms with Crippen LogP contribution in [0, 0.1) is 5.92 Å². The lowest BCUT2D eigenvalue weighted by Gasteiger charge is -2.30. The molecule has 1 fully saturated rings. The normalized spacial score (nSPS) is 18.5. The van der Waals surface area contributed by atoms with Crippen LogP contribution in [0.4, 0.5) is 10.7 Å². The largest absolute Gasteiger partial charge is 0.492 e. The van der Waals surface area contributed by atoms with Gasteiger partial charge in [0.1, 0.15) is 10.8 Å². The fourth-order valence-corrected chi connectivity index (χ4v) is 5.87. The standard InChI is InChI=1S/C24H31N3O3S/c1-3-30-19-11-5-4-10-18(19)25-23(29)22-17-9-6-12-20(17)31-24(22)26-21(28)15-27-13-7-8-16(2)14-27/h4-5,10-11,16H,3,6-9,12-15H2,1-2H3,(H,25,29)(H,26,28)/t16-/m0/s1. The highest BCUT2D eigenvalue weighted by atomic mass is 32.1. The molecule has 7 heteroatoms. The van der Waals surface area contributed by atoms with Crippen molar-refractivity contribution in [3.8, 4) is 5.75 Å². The number of ether oxygens (including phenoxy) is 1. The summed E-state index contributed by atoms with van der Waals surface area (Å²) in [5, 5.41) is 6.74. The van der Waals surface area contributed by atoms with E-state index >= 15 is 0 Å². The number of thiophene rings is 1. The fourth-order valence-electron chi connectivity index (χ4n) is 4.57. The average molecular weight is 442 g/mol. The summed E-state index contributed by atoms with van der Waals surface area (Å²) in [5.74, 6) is 1.04. The summed E-state index contributed by atoms with van der Waals surface area (Å²) in [5.41, 5.74) is 2.34. The smallest absolute Gasteiger partial charge is 0.259 e. The van der Waals surface area contributed by atoms with Gasteiger partial charge in [0.2, 0.25) is 5.91 Å². The second-order valence-electron chi connectivity index (χ2n) is 8.48. The lowest BCUT2D eigenvalue weighted by atomic mass is 10.0. The Morgan fingerprint density at radius 1 is 1.19 bits per heavy atom. The van der Waals surface area contributed by atoms with Gasteiger partial charge in [0, 0.05) is 11.4 Å². The Hall–Kier alpha value is -2.38. The molecular weight excluding hydrogens is 410 g/mol. The number of nitrogens with zero attached hydrogens (tertiary/aromatic N) is 1. The molecule has 0 saturated carbocycles. The van der Waals surface area contributed by atoms with E-state index < -0.39 is 0 Å². The first kappa shape index (κ1) is 21.8. The zero-order chi connectivity index (χ0) is 21.8. The molecule has 31 heavy (non-hydrogen) atoms. The van der Waals surface area contributed by atoms with Crippen LogP contribution in [-0.2, 0) is 17.6 Å². The zero-order valence-corrected chi connectivity index (χ0v) is 19.1. The molecule has 1 aliphatic heterocycles. The third kappa shape index (κ3) is 5.10. The van der Waals surface area contributed by atoms with Crippen molar-refractivity contribution >= 4 is 33.8 Å². The highest BCUT2D eigenvalue weighted by molar-refractivity contribution is 7.17. The Labute approximate surface area is 188 Å². The van der Waals surface area contributed by atoms with E-state index in [-0.39, 0.29) is 11.8 Å². The van der Waals surface area contributed by atoms with Crippen molar-refractivity contribution in [3.63, 3.8) is 0 Å². The predicted molar refractivity (Wildman–Crippen MR) is 125 cm³/mol. The summed E-state index contributed by atoms with van der Waals surface area (Å²) >= 11 is 1.55. The molecule has 2 N–H and O–H groups in total. The molecule has 166 valence electrons. The number of hydrogen-bond donors (Lipinski definition) is 2. The Kier molecular flexibility index (Phi) is 6.92. The first-order valence-corrected chi connectivity index (χ1v) is 12.1. The van der Waals surface area contributed by atoms with Crippen molar-refractivity contribution in [3.05, 3.63) is 40.3 Å². The molecule has 1 aromatic carbocycles. The van der Waals surface area contributed by atoms with E-state index in [2.05, 4.69) is 22.5 Å². The number of anilines is 2. The van der Waals surface area contributed by atoms with E-state index in [1.165, 1.54) is 11.3 Å². The number of nitrogens with one attached hydrogen (secondary N) is 2. The highest BCUT2D eigenvalue weighted by Crippen LogP contribution is 2.40. The molecule has 1 aliphatic carbocycles. The van der Waals surface area contributed by atoms with E-state index in [1.54, 1.807) is 11.3 Å². The van der Waals surface area contributed by atoms with Gasteiger partial charge in [0.25, 0.3) is 5.91 Å². The van der Waals surface area contributed by atoms with E-state index in [4.69, 9.17) is 4.74 Å². The van der Waals surface area contributed by atoms with Crippen molar-refractivity contribution in [2.45, 2.75) is 46.0 Å². The lowest BCUT2D eigenvalue weighted by molar-refractivity contribution is -0.117. The Morgan fingerprint density at radius 3 is 2.84 bits per heavy atom. The maximum absolute atomic E-state index is 13.3.